The monoisotopic (exact) mass is 271 g/mol. The van der Waals surface area contributed by atoms with Gasteiger partial charge in [0.2, 0.25) is 10.0 Å². The molecule has 0 bridgehead atoms. The highest BCUT2D eigenvalue weighted by atomic mass is 32.2. The molecule has 1 aliphatic carbocycles. The van der Waals surface area contributed by atoms with Crippen molar-refractivity contribution in [3.63, 3.8) is 0 Å². The van der Waals surface area contributed by atoms with E-state index in [-0.39, 0.29) is 10.9 Å². The number of nitrogens with two attached hydrogens (primary N) is 1. The molecule has 0 radical (unpaired) electrons. The van der Waals surface area contributed by atoms with Gasteiger partial charge in [-0.25, -0.2) is 13.1 Å². The van der Waals surface area contributed by atoms with Crippen LogP contribution in [-0.2, 0) is 16.6 Å². The van der Waals surface area contributed by atoms with E-state index < -0.39 is 10.0 Å². The predicted octanol–water partition coefficient (Wildman–Crippen LogP) is 1.33. The lowest BCUT2D eigenvalue weighted by Crippen LogP contribution is -2.37. The summed E-state index contributed by atoms with van der Waals surface area (Å²) < 4.78 is 27.1. The molecule has 0 unspecified atom stereocenters. The highest BCUT2D eigenvalue weighted by molar-refractivity contribution is 7.89. The molecular formula is C12H21N3O2S. The molecule has 1 saturated carbocycles. The number of sulfonamides is 1. The summed E-state index contributed by atoms with van der Waals surface area (Å²) in [6.07, 6.45) is 5.53. The van der Waals surface area contributed by atoms with Crippen molar-refractivity contribution in [2.45, 2.75) is 50.1 Å². The molecule has 6 heteroatoms. The molecule has 0 amide bonds. The second-order valence-electron chi connectivity index (χ2n) is 5.14. The molecule has 1 aliphatic rings. The summed E-state index contributed by atoms with van der Waals surface area (Å²) in [4.78, 5) is 3.14. The standard InChI is InChI=1S/C12H21N3O2S/c1-9-2-4-10(5-3-9)15-18(16,17)12-6-11(7-13)14-8-12/h6,8-10,14-15H,2-5,7,13H2,1H3. The number of aromatic amines is 1. The Bertz CT molecular complexity index is 487. The second-order valence-corrected chi connectivity index (χ2v) is 6.86. The predicted molar refractivity (Wildman–Crippen MR) is 70.4 cm³/mol. The van der Waals surface area contributed by atoms with E-state index in [2.05, 4.69) is 16.6 Å². The van der Waals surface area contributed by atoms with Crippen LogP contribution in [0.5, 0.6) is 0 Å². The van der Waals surface area contributed by atoms with E-state index in [9.17, 15) is 8.42 Å². The number of aromatic nitrogens is 1. The van der Waals surface area contributed by atoms with Crippen molar-refractivity contribution >= 4 is 10.0 Å². The number of H-pyrrole nitrogens is 1. The largest absolute Gasteiger partial charge is 0.363 e. The topological polar surface area (TPSA) is 88.0 Å². The lowest BCUT2D eigenvalue weighted by atomic mass is 9.88. The third-order valence-corrected chi connectivity index (χ3v) is 5.08. The van der Waals surface area contributed by atoms with Gasteiger partial charge in [-0.1, -0.05) is 6.92 Å². The number of rotatable bonds is 4. The average Bonchev–Trinajstić information content (AvgIpc) is 2.81. The molecule has 2 rings (SSSR count). The minimum absolute atomic E-state index is 0.0717. The Kier molecular flexibility index (Phi) is 4.09. The van der Waals surface area contributed by atoms with Crippen molar-refractivity contribution in [3.8, 4) is 0 Å². The molecule has 4 N–H and O–H groups in total. The maximum atomic E-state index is 12.1. The van der Waals surface area contributed by atoms with Gasteiger partial charge >= 0.3 is 0 Å². The van der Waals surface area contributed by atoms with Crippen molar-refractivity contribution in [2.24, 2.45) is 11.7 Å². The van der Waals surface area contributed by atoms with Crippen molar-refractivity contribution in [1.29, 1.82) is 0 Å². The highest BCUT2D eigenvalue weighted by Gasteiger charge is 2.24. The molecule has 0 atom stereocenters. The summed E-state index contributed by atoms with van der Waals surface area (Å²) in [6, 6.07) is 1.66. The summed E-state index contributed by atoms with van der Waals surface area (Å²) in [7, 11) is -3.40. The smallest absolute Gasteiger partial charge is 0.242 e. The first-order valence-corrected chi connectivity index (χ1v) is 7.89. The van der Waals surface area contributed by atoms with E-state index in [0.717, 1.165) is 31.4 Å². The molecule has 1 aromatic heterocycles. The van der Waals surface area contributed by atoms with E-state index in [1.807, 2.05) is 0 Å². The van der Waals surface area contributed by atoms with Gasteiger partial charge in [0, 0.05) is 24.5 Å². The maximum Gasteiger partial charge on any atom is 0.242 e. The molecule has 0 saturated heterocycles. The van der Waals surface area contributed by atoms with Crippen molar-refractivity contribution in [2.75, 3.05) is 0 Å². The van der Waals surface area contributed by atoms with Crippen molar-refractivity contribution in [1.82, 2.24) is 9.71 Å². The molecule has 0 spiro atoms. The molecule has 102 valence electrons. The summed E-state index contributed by atoms with van der Waals surface area (Å²) in [6.45, 7) is 2.53. The first-order valence-electron chi connectivity index (χ1n) is 6.41. The molecular weight excluding hydrogens is 250 g/mol. The van der Waals surface area contributed by atoms with Crippen LogP contribution < -0.4 is 10.5 Å². The molecule has 1 fully saturated rings. The molecule has 1 aromatic rings. The van der Waals surface area contributed by atoms with Gasteiger partial charge in [0.05, 0.1) is 4.90 Å². The zero-order chi connectivity index (χ0) is 13.2. The number of hydrogen-bond donors (Lipinski definition) is 3. The van der Waals surface area contributed by atoms with Crippen LogP contribution in [0.15, 0.2) is 17.2 Å². The summed E-state index contributed by atoms with van der Waals surface area (Å²) in [5.41, 5.74) is 6.19. The Morgan fingerprint density at radius 2 is 2.06 bits per heavy atom. The zero-order valence-electron chi connectivity index (χ0n) is 10.6. The number of hydrogen-bond acceptors (Lipinski definition) is 3. The van der Waals surface area contributed by atoms with Crippen molar-refractivity contribution in [3.05, 3.63) is 18.0 Å². The van der Waals surface area contributed by atoms with Gasteiger partial charge in [-0.2, -0.15) is 0 Å². The van der Waals surface area contributed by atoms with Crippen LogP contribution in [0, 0.1) is 5.92 Å². The van der Waals surface area contributed by atoms with Crippen LogP contribution in [0.4, 0.5) is 0 Å². The average molecular weight is 271 g/mol. The van der Waals surface area contributed by atoms with Gasteiger partial charge in [-0.15, -0.1) is 0 Å². The third kappa shape index (κ3) is 3.13. The molecule has 5 nitrogen and oxygen atoms in total. The lowest BCUT2D eigenvalue weighted by molar-refractivity contribution is 0.332. The number of nitrogens with one attached hydrogen (secondary N) is 2. The SMILES string of the molecule is CC1CCC(NS(=O)(=O)c2c[nH]c(CN)c2)CC1. The molecule has 0 aromatic carbocycles. The highest BCUT2D eigenvalue weighted by Crippen LogP contribution is 2.24. The maximum absolute atomic E-state index is 12.1. The van der Waals surface area contributed by atoms with Crippen molar-refractivity contribution < 1.29 is 8.42 Å². The summed E-state index contributed by atoms with van der Waals surface area (Å²) in [5.74, 6) is 0.710. The van der Waals surface area contributed by atoms with Crippen LogP contribution in [0.3, 0.4) is 0 Å². The van der Waals surface area contributed by atoms with Crippen LogP contribution in [0.25, 0.3) is 0 Å². The lowest BCUT2D eigenvalue weighted by Gasteiger charge is -2.26. The zero-order valence-corrected chi connectivity index (χ0v) is 11.5. The Morgan fingerprint density at radius 3 is 2.61 bits per heavy atom. The molecule has 0 aliphatic heterocycles. The molecule has 18 heavy (non-hydrogen) atoms. The van der Waals surface area contributed by atoms with Crippen LogP contribution in [0.1, 0.15) is 38.3 Å². The Hall–Kier alpha value is -0.850. The van der Waals surface area contributed by atoms with Gasteiger partial charge in [0.15, 0.2) is 0 Å². The van der Waals surface area contributed by atoms with Gasteiger partial charge in [0.1, 0.15) is 0 Å². The van der Waals surface area contributed by atoms with Gasteiger partial charge in [-0.05, 0) is 37.7 Å². The van der Waals surface area contributed by atoms with E-state index >= 15 is 0 Å². The Labute approximate surface area is 108 Å². The van der Waals surface area contributed by atoms with Gasteiger partial charge in [0.25, 0.3) is 0 Å². The van der Waals surface area contributed by atoms with E-state index in [4.69, 9.17) is 5.73 Å². The molecule has 1 heterocycles. The fourth-order valence-electron chi connectivity index (χ4n) is 2.36. The summed E-state index contributed by atoms with van der Waals surface area (Å²) >= 11 is 0. The van der Waals surface area contributed by atoms with Gasteiger partial charge in [-0.3, -0.25) is 0 Å². The van der Waals surface area contributed by atoms with Crippen LogP contribution in [-0.4, -0.2) is 19.4 Å². The van der Waals surface area contributed by atoms with E-state index in [0.29, 0.717) is 12.5 Å². The van der Waals surface area contributed by atoms with E-state index in [1.54, 1.807) is 6.07 Å². The minimum atomic E-state index is -3.40. The summed E-state index contributed by atoms with van der Waals surface area (Å²) in [5, 5.41) is 0. The Morgan fingerprint density at radius 1 is 1.39 bits per heavy atom. The minimum Gasteiger partial charge on any atom is -0.363 e. The fourth-order valence-corrected chi connectivity index (χ4v) is 3.68. The van der Waals surface area contributed by atoms with Crippen LogP contribution in [0.2, 0.25) is 0 Å². The van der Waals surface area contributed by atoms with Gasteiger partial charge < -0.3 is 10.7 Å². The van der Waals surface area contributed by atoms with E-state index in [1.165, 1.54) is 6.20 Å². The normalized spacial score (nSPS) is 25.2. The van der Waals surface area contributed by atoms with Crippen LogP contribution >= 0.6 is 0 Å². The quantitative estimate of drug-likeness (QED) is 0.772. The first-order chi connectivity index (χ1) is 8.51. The Balaban J connectivity index is 2.03. The second kappa shape index (κ2) is 5.42. The first kappa shape index (κ1) is 13.6. The third-order valence-electron chi connectivity index (χ3n) is 3.58. The fraction of sp³-hybridized carbons (Fsp3) is 0.667.